The topological polar surface area (TPSA) is 34.9 Å². The van der Waals surface area contributed by atoms with Gasteiger partial charge in [-0.2, -0.15) is 0 Å². The van der Waals surface area contributed by atoms with E-state index in [-0.39, 0.29) is 0 Å². The highest BCUT2D eigenvalue weighted by molar-refractivity contribution is 5.77. The Kier molecular flexibility index (Phi) is 2.54. The number of hydrogen-bond donors (Lipinski definition) is 0. The Morgan fingerprint density at radius 3 is 2.93 bits per heavy atom. The standard InChI is InChI=1S/C12H14N2O/c1-9(2)14-8-13-11-4-3-10(5-6-15)7-12(11)14/h3-4,6-9H,5H2,1-2H3. The van der Waals surface area contributed by atoms with Crippen molar-refractivity contribution in [3.63, 3.8) is 0 Å². The SMILES string of the molecule is CC(C)n1cnc2ccc(CC=O)cc21. The van der Waals surface area contributed by atoms with E-state index in [2.05, 4.69) is 23.4 Å². The summed E-state index contributed by atoms with van der Waals surface area (Å²) in [6.07, 6.45) is 3.25. The van der Waals surface area contributed by atoms with Gasteiger partial charge in [-0.05, 0) is 31.5 Å². The molecule has 78 valence electrons. The minimum absolute atomic E-state index is 0.390. The zero-order chi connectivity index (χ0) is 10.8. The van der Waals surface area contributed by atoms with E-state index in [4.69, 9.17) is 0 Å². The van der Waals surface area contributed by atoms with E-state index in [1.165, 1.54) is 0 Å². The van der Waals surface area contributed by atoms with Crippen molar-refractivity contribution in [3.05, 3.63) is 30.1 Å². The Balaban J connectivity index is 2.56. The summed E-state index contributed by atoms with van der Waals surface area (Å²) in [5, 5.41) is 0. The summed E-state index contributed by atoms with van der Waals surface area (Å²) in [5.74, 6) is 0. The van der Waals surface area contributed by atoms with Crippen LogP contribution >= 0.6 is 0 Å². The number of rotatable bonds is 3. The Labute approximate surface area is 88.7 Å². The number of hydrogen-bond acceptors (Lipinski definition) is 2. The fourth-order valence-corrected chi connectivity index (χ4v) is 1.71. The highest BCUT2D eigenvalue weighted by atomic mass is 16.1. The van der Waals surface area contributed by atoms with E-state index < -0.39 is 0 Å². The van der Waals surface area contributed by atoms with E-state index in [1.807, 2.05) is 24.5 Å². The van der Waals surface area contributed by atoms with Gasteiger partial charge < -0.3 is 9.36 Å². The van der Waals surface area contributed by atoms with Gasteiger partial charge in [-0.3, -0.25) is 0 Å². The summed E-state index contributed by atoms with van der Waals surface area (Å²) in [5.41, 5.74) is 3.13. The van der Waals surface area contributed by atoms with Crippen LogP contribution in [-0.2, 0) is 11.2 Å². The Morgan fingerprint density at radius 1 is 1.47 bits per heavy atom. The summed E-state index contributed by atoms with van der Waals surface area (Å²) >= 11 is 0. The maximum absolute atomic E-state index is 10.4. The molecule has 0 aliphatic carbocycles. The first-order valence-corrected chi connectivity index (χ1v) is 5.11. The van der Waals surface area contributed by atoms with E-state index in [1.54, 1.807) is 0 Å². The van der Waals surface area contributed by atoms with Gasteiger partial charge in [-0.15, -0.1) is 0 Å². The van der Waals surface area contributed by atoms with Crippen molar-refractivity contribution in [1.29, 1.82) is 0 Å². The van der Waals surface area contributed by atoms with Gasteiger partial charge in [0.1, 0.15) is 6.29 Å². The first-order chi connectivity index (χ1) is 7.22. The van der Waals surface area contributed by atoms with Gasteiger partial charge in [0.25, 0.3) is 0 Å². The Morgan fingerprint density at radius 2 is 2.27 bits per heavy atom. The highest BCUT2D eigenvalue weighted by Crippen LogP contribution is 2.18. The molecule has 2 aromatic rings. The van der Waals surface area contributed by atoms with Gasteiger partial charge in [-0.25, -0.2) is 4.98 Å². The third-order valence-electron chi connectivity index (χ3n) is 2.51. The summed E-state index contributed by atoms with van der Waals surface area (Å²) in [4.78, 5) is 14.8. The minimum atomic E-state index is 0.390. The number of nitrogens with zero attached hydrogens (tertiary/aromatic N) is 2. The second kappa shape index (κ2) is 3.85. The molecule has 0 spiro atoms. The number of fused-ring (bicyclic) bond motifs is 1. The minimum Gasteiger partial charge on any atom is -0.328 e. The predicted octanol–water partition coefficient (Wildman–Crippen LogP) is 2.36. The molecule has 0 saturated carbocycles. The molecular formula is C12H14N2O. The van der Waals surface area contributed by atoms with Crippen molar-refractivity contribution < 1.29 is 4.79 Å². The van der Waals surface area contributed by atoms with Crippen LogP contribution in [0.25, 0.3) is 11.0 Å². The van der Waals surface area contributed by atoms with Crippen molar-refractivity contribution in [3.8, 4) is 0 Å². The van der Waals surface area contributed by atoms with E-state index in [0.29, 0.717) is 12.5 Å². The average molecular weight is 202 g/mol. The molecule has 0 atom stereocenters. The second-order valence-electron chi connectivity index (χ2n) is 3.94. The Bertz CT molecular complexity index is 485. The van der Waals surface area contributed by atoms with Crippen molar-refractivity contribution >= 4 is 17.3 Å². The lowest BCUT2D eigenvalue weighted by molar-refractivity contribution is -0.107. The molecule has 3 nitrogen and oxygen atoms in total. The molecular weight excluding hydrogens is 188 g/mol. The Hall–Kier alpha value is -1.64. The van der Waals surface area contributed by atoms with Gasteiger partial charge in [-0.1, -0.05) is 6.07 Å². The van der Waals surface area contributed by atoms with Crippen LogP contribution in [0.2, 0.25) is 0 Å². The van der Waals surface area contributed by atoms with E-state index >= 15 is 0 Å². The van der Waals surface area contributed by atoms with Crippen LogP contribution in [0.3, 0.4) is 0 Å². The van der Waals surface area contributed by atoms with Crippen LogP contribution in [0.15, 0.2) is 24.5 Å². The first-order valence-electron chi connectivity index (χ1n) is 5.11. The quantitative estimate of drug-likeness (QED) is 0.716. The lowest BCUT2D eigenvalue weighted by Gasteiger charge is -2.08. The van der Waals surface area contributed by atoms with Crippen LogP contribution in [-0.4, -0.2) is 15.8 Å². The van der Waals surface area contributed by atoms with Gasteiger partial charge >= 0.3 is 0 Å². The van der Waals surface area contributed by atoms with Crippen LogP contribution in [0.4, 0.5) is 0 Å². The molecule has 0 bridgehead atoms. The average Bonchev–Trinajstić information content (AvgIpc) is 2.61. The van der Waals surface area contributed by atoms with Gasteiger partial charge in [0.05, 0.1) is 17.4 Å². The molecule has 15 heavy (non-hydrogen) atoms. The number of benzene rings is 1. The highest BCUT2D eigenvalue weighted by Gasteiger charge is 2.05. The number of carbonyl (C=O) groups excluding carboxylic acids is 1. The van der Waals surface area contributed by atoms with Crippen LogP contribution in [0.1, 0.15) is 25.5 Å². The fourth-order valence-electron chi connectivity index (χ4n) is 1.71. The third kappa shape index (κ3) is 1.77. The first kappa shape index (κ1) is 9.90. The third-order valence-corrected chi connectivity index (χ3v) is 2.51. The molecule has 0 N–H and O–H groups in total. The van der Waals surface area contributed by atoms with Crippen LogP contribution < -0.4 is 0 Å². The smallest absolute Gasteiger partial charge is 0.124 e. The number of aldehydes is 1. The number of carbonyl (C=O) groups is 1. The van der Waals surface area contributed by atoms with Crippen molar-refractivity contribution in [2.45, 2.75) is 26.3 Å². The van der Waals surface area contributed by atoms with Crippen molar-refractivity contribution in [2.75, 3.05) is 0 Å². The maximum Gasteiger partial charge on any atom is 0.124 e. The summed E-state index contributed by atoms with van der Waals surface area (Å²) in [7, 11) is 0. The molecule has 0 aliphatic rings. The molecule has 1 heterocycles. The summed E-state index contributed by atoms with van der Waals surface area (Å²) in [6.45, 7) is 4.24. The zero-order valence-corrected chi connectivity index (χ0v) is 8.97. The molecule has 0 radical (unpaired) electrons. The molecule has 1 aromatic carbocycles. The normalized spacial score (nSPS) is 11.1. The second-order valence-corrected chi connectivity index (χ2v) is 3.94. The lowest BCUT2D eigenvalue weighted by atomic mass is 10.1. The van der Waals surface area contributed by atoms with Gasteiger partial charge in [0, 0.05) is 12.5 Å². The van der Waals surface area contributed by atoms with Crippen LogP contribution in [0, 0.1) is 0 Å². The molecule has 1 aromatic heterocycles. The zero-order valence-electron chi connectivity index (χ0n) is 8.97. The van der Waals surface area contributed by atoms with E-state index in [0.717, 1.165) is 22.9 Å². The molecule has 0 amide bonds. The lowest BCUT2D eigenvalue weighted by Crippen LogP contribution is -1.98. The summed E-state index contributed by atoms with van der Waals surface area (Å²) in [6, 6.07) is 6.35. The van der Waals surface area contributed by atoms with Crippen molar-refractivity contribution in [1.82, 2.24) is 9.55 Å². The summed E-state index contributed by atoms with van der Waals surface area (Å²) < 4.78 is 2.11. The van der Waals surface area contributed by atoms with Crippen molar-refractivity contribution in [2.24, 2.45) is 0 Å². The predicted molar refractivity (Wildman–Crippen MR) is 59.9 cm³/mol. The molecule has 2 rings (SSSR count). The largest absolute Gasteiger partial charge is 0.328 e. The molecule has 3 heteroatoms. The molecule has 0 fully saturated rings. The maximum atomic E-state index is 10.4. The number of aromatic nitrogens is 2. The van der Waals surface area contributed by atoms with Gasteiger partial charge in [0.15, 0.2) is 0 Å². The van der Waals surface area contributed by atoms with Gasteiger partial charge in [0.2, 0.25) is 0 Å². The molecule has 0 aliphatic heterocycles. The molecule has 0 unspecified atom stereocenters. The van der Waals surface area contributed by atoms with Crippen LogP contribution in [0.5, 0.6) is 0 Å². The fraction of sp³-hybridized carbons (Fsp3) is 0.333. The monoisotopic (exact) mass is 202 g/mol. The number of imidazole rings is 1. The van der Waals surface area contributed by atoms with E-state index in [9.17, 15) is 4.79 Å². The molecule has 0 saturated heterocycles.